The predicted octanol–water partition coefficient (Wildman–Crippen LogP) is 6.39. The lowest BCUT2D eigenvalue weighted by Gasteiger charge is -2.22. The Bertz CT molecular complexity index is 1460. The number of aromatic amines is 2. The number of aryl methyl sites for hydroxylation is 2. The zero-order valence-corrected chi connectivity index (χ0v) is 20.5. The molecule has 0 aliphatic carbocycles. The molecule has 3 aromatic carbocycles. The van der Waals surface area contributed by atoms with Gasteiger partial charge in [0.05, 0.1) is 14.2 Å². The van der Waals surface area contributed by atoms with E-state index in [2.05, 4.69) is 60.2 Å². The number of carbonyl (C=O) groups excluding carboxylic acids is 1. The Morgan fingerprint density at radius 3 is 1.66 bits per heavy atom. The lowest BCUT2D eigenvalue weighted by molar-refractivity contribution is -0.132. The zero-order chi connectivity index (χ0) is 24.7. The molecular formula is C29H28N2O4. The summed E-state index contributed by atoms with van der Waals surface area (Å²) in [7, 11) is 3.13. The number of ether oxygens (including phenoxy) is 3. The van der Waals surface area contributed by atoms with Crippen molar-refractivity contribution < 1.29 is 19.0 Å². The number of rotatable bonds is 6. The molecule has 2 aromatic heterocycles. The summed E-state index contributed by atoms with van der Waals surface area (Å²) in [5.41, 5.74) is 7.66. The average molecular weight is 469 g/mol. The third kappa shape index (κ3) is 3.81. The fourth-order valence-electron chi connectivity index (χ4n) is 5.13. The molecule has 0 aliphatic heterocycles. The van der Waals surface area contributed by atoms with Gasteiger partial charge in [0.2, 0.25) is 5.75 Å². The number of esters is 1. The summed E-state index contributed by atoms with van der Waals surface area (Å²) in [6, 6.07) is 20.5. The number of methoxy groups -OCH3 is 2. The minimum absolute atomic E-state index is 0.142. The molecular weight excluding hydrogens is 440 g/mol. The highest BCUT2D eigenvalue weighted by atomic mass is 16.6. The highest BCUT2D eigenvalue weighted by Gasteiger charge is 2.29. The topological polar surface area (TPSA) is 76.3 Å². The molecule has 0 fully saturated rings. The van der Waals surface area contributed by atoms with Gasteiger partial charge in [-0.2, -0.15) is 0 Å². The van der Waals surface area contributed by atoms with Crippen LogP contribution in [0.3, 0.4) is 0 Å². The van der Waals surface area contributed by atoms with E-state index in [1.165, 1.54) is 18.1 Å². The van der Waals surface area contributed by atoms with Crippen molar-refractivity contribution in [1.29, 1.82) is 0 Å². The standard InChI is InChI=1S/C29H28N2O4/c1-16-26(20-10-6-8-12-22(20)30-16)28(27-17(2)31-23-13-9-7-11-21(23)27)19-14-24(33-4)29(35-18(3)32)25(15-19)34-5/h6-15,28,30-31H,1-5H3. The van der Waals surface area contributed by atoms with Gasteiger partial charge in [-0.05, 0) is 54.8 Å². The fourth-order valence-corrected chi connectivity index (χ4v) is 5.13. The molecule has 2 heterocycles. The Morgan fingerprint density at radius 2 is 1.23 bits per heavy atom. The first-order chi connectivity index (χ1) is 16.9. The molecule has 6 nitrogen and oxygen atoms in total. The van der Waals surface area contributed by atoms with Crippen LogP contribution in [0.2, 0.25) is 0 Å². The smallest absolute Gasteiger partial charge is 0.308 e. The van der Waals surface area contributed by atoms with Crippen LogP contribution < -0.4 is 14.2 Å². The SMILES string of the molecule is COc1cc(C(c2c(C)[nH]c3ccccc23)c2c(C)[nH]c3ccccc23)cc(OC)c1OC(C)=O. The average Bonchev–Trinajstić information content (AvgIpc) is 3.35. The summed E-state index contributed by atoms with van der Waals surface area (Å²) in [4.78, 5) is 18.9. The first-order valence-corrected chi connectivity index (χ1v) is 11.5. The maximum Gasteiger partial charge on any atom is 0.308 e. The lowest BCUT2D eigenvalue weighted by Crippen LogP contribution is -2.09. The molecule has 0 saturated heterocycles. The van der Waals surface area contributed by atoms with Gasteiger partial charge in [0.25, 0.3) is 0 Å². The Labute approximate surface area is 203 Å². The van der Waals surface area contributed by atoms with Gasteiger partial charge in [0, 0.05) is 46.0 Å². The van der Waals surface area contributed by atoms with Crippen LogP contribution in [-0.2, 0) is 4.79 Å². The molecule has 178 valence electrons. The van der Waals surface area contributed by atoms with Crippen LogP contribution in [0, 0.1) is 13.8 Å². The number of fused-ring (bicyclic) bond motifs is 2. The predicted molar refractivity (Wildman–Crippen MR) is 138 cm³/mol. The number of H-pyrrole nitrogens is 2. The number of nitrogens with one attached hydrogen (secondary N) is 2. The number of aromatic nitrogens is 2. The summed E-state index contributed by atoms with van der Waals surface area (Å²) < 4.78 is 16.8. The highest BCUT2D eigenvalue weighted by Crippen LogP contribution is 2.47. The van der Waals surface area contributed by atoms with E-state index in [4.69, 9.17) is 14.2 Å². The second-order valence-electron chi connectivity index (χ2n) is 8.70. The molecule has 0 amide bonds. The van der Waals surface area contributed by atoms with Crippen molar-refractivity contribution in [3.05, 3.63) is 88.7 Å². The molecule has 35 heavy (non-hydrogen) atoms. The Hall–Kier alpha value is -4.19. The first-order valence-electron chi connectivity index (χ1n) is 11.5. The molecule has 0 bridgehead atoms. The number of carbonyl (C=O) groups is 1. The van der Waals surface area contributed by atoms with Crippen molar-refractivity contribution in [3.8, 4) is 17.2 Å². The van der Waals surface area contributed by atoms with E-state index in [0.29, 0.717) is 11.5 Å². The van der Waals surface area contributed by atoms with E-state index in [1.807, 2.05) is 24.3 Å². The minimum Gasteiger partial charge on any atom is -0.493 e. The Balaban J connectivity index is 1.86. The van der Waals surface area contributed by atoms with Crippen molar-refractivity contribution in [2.45, 2.75) is 26.7 Å². The van der Waals surface area contributed by atoms with Gasteiger partial charge in [0.1, 0.15) is 0 Å². The zero-order valence-electron chi connectivity index (χ0n) is 20.5. The van der Waals surface area contributed by atoms with Crippen molar-refractivity contribution in [1.82, 2.24) is 9.97 Å². The summed E-state index contributed by atoms with van der Waals surface area (Å²) in [5.74, 6) is 0.572. The van der Waals surface area contributed by atoms with Crippen LogP contribution in [0.4, 0.5) is 0 Å². The molecule has 0 aliphatic rings. The van der Waals surface area contributed by atoms with Crippen LogP contribution in [0.5, 0.6) is 17.2 Å². The molecule has 0 spiro atoms. The quantitative estimate of drug-likeness (QED) is 0.224. The third-order valence-corrected chi connectivity index (χ3v) is 6.53. The molecule has 5 rings (SSSR count). The summed E-state index contributed by atoms with van der Waals surface area (Å²) in [6.45, 7) is 5.57. The van der Waals surface area contributed by atoms with E-state index >= 15 is 0 Å². The Morgan fingerprint density at radius 1 is 0.771 bits per heavy atom. The maximum absolute atomic E-state index is 11.8. The van der Waals surface area contributed by atoms with Gasteiger partial charge in [0.15, 0.2) is 11.5 Å². The number of hydrogen-bond donors (Lipinski definition) is 2. The molecule has 2 N–H and O–H groups in total. The first kappa shape index (κ1) is 22.6. The van der Waals surface area contributed by atoms with Crippen LogP contribution in [0.25, 0.3) is 21.8 Å². The largest absolute Gasteiger partial charge is 0.493 e. The summed E-state index contributed by atoms with van der Waals surface area (Å²) in [5, 5.41) is 2.31. The number of para-hydroxylation sites is 2. The van der Waals surface area contributed by atoms with Crippen molar-refractivity contribution in [2.24, 2.45) is 0 Å². The summed E-state index contributed by atoms with van der Waals surface area (Å²) >= 11 is 0. The second-order valence-corrected chi connectivity index (χ2v) is 8.70. The second kappa shape index (κ2) is 8.87. The van der Waals surface area contributed by atoms with Crippen molar-refractivity contribution in [3.63, 3.8) is 0 Å². The van der Waals surface area contributed by atoms with Gasteiger partial charge >= 0.3 is 5.97 Å². The van der Waals surface area contributed by atoms with Crippen LogP contribution in [-0.4, -0.2) is 30.2 Å². The number of benzene rings is 3. The van der Waals surface area contributed by atoms with Gasteiger partial charge < -0.3 is 24.2 Å². The van der Waals surface area contributed by atoms with Crippen LogP contribution in [0.1, 0.15) is 40.9 Å². The maximum atomic E-state index is 11.8. The van der Waals surface area contributed by atoms with E-state index in [9.17, 15) is 4.79 Å². The van der Waals surface area contributed by atoms with E-state index in [1.54, 1.807) is 14.2 Å². The van der Waals surface area contributed by atoms with Gasteiger partial charge in [-0.15, -0.1) is 0 Å². The van der Waals surface area contributed by atoms with Gasteiger partial charge in [-0.1, -0.05) is 36.4 Å². The van der Waals surface area contributed by atoms with Gasteiger partial charge in [-0.25, -0.2) is 0 Å². The summed E-state index contributed by atoms with van der Waals surface area (Å²) in [6.07, 6.45) is 0. The van der Waals surface area contributed by atoms with E-state index in [0.717, 1.165) is 38.8 Å². The third-order valence-electron chi connectivity index (χ3n) is 6.53. The van der Waals surface area contributed by atoms with Crippen LogP contribution >= 0.6 is 0 Å². The lowest BCUT2D eigenvalue weighted by atomic mass is 9.82. The Kier molecular flexibility index (Phi) is 5.73. The van der Waals surface area contributed by atoms with E-state index < -0.39 is 5.97 Å². The molecule has 0 unspecified atom stereocenters. The molecule has 0 radical (unpaired) electrons. The molecule has 5 aromatic rings. The van der Waals surface area contributed by atoms with Gasteiger partial charge in [-0.3, -0.25) is 4.79 Å². The highest BCUT2D eigenvalue weighted by molar-refractivity contribution is 5.91. The number of hydrogen-bond acceptors (Lipinski definition) is 4. The monoisotopic (exact) mass is 468 g/mol. The van der Waals surface area contributed by atoms with Crippen LogP contribution in [0.15, 0.2) is 60.7 Å². The molecule has 0 atom stereocenters. The van der Waals surface area contributed by atoms with Crippen molar-refractivity contribution >= 4 is 27.8 Å². The van der Waals surface area contributed by atoms with E-state index in [-0.39, 0.29) is 11.7 Å². The fraction of sp³-hybridized carbons (Fsp3) is 0.207. The molecule has 0 saturated carbocycles. The minimum atomic E-state index is -0.439. The molecule has 6 heteroatoms. The van der Waals surface area contributed by atoms with Crippen molar-refractivity contribution in [2.75, 3.05) is 14.2 Å². The normalized spacial score (nSPS) is 11.4.